The molecule has 0 saturated heterocycles. The van der Waals surface area contributed by atoms with Crippen LogP contribution in [0.4, 0.5) is 0 Å². The number of hydrogen-bond acceptors (Lipinski definition) is 1. The van der Waals surface area contributed by atoms with E-state index in [0.717, 1.165) is 17.0 Å². The van der Waals surface area contributed by atoms with Crippen LogP contribution in [0, 0.1) is 6.92 Å². The molecular weight excluding hydrogens is 194 g/mol. The van der Waals surface area contributed by atoms with Crippen LogP contribution in [-0.4, -0.2) is 9.92 Å². The minimum absolute atomic E-state index is 0.767. The van der Waals surface area contributed by atoms with Crippen molar-refractivity contribution >= 4 is 16.7 Å². The van der Waals surface area contributed by atoms with Gasteiger partial charge in [-0.25, -0.2) is 4.21 Å². The Bertz CT molecular complexity index is 354. The molecule has 3 heteroatoms. The van der Waals surface area contributed by atoms with Crippen molar-refractivity contribution < 1.29 is 4.21 Å². The van der Waals surface area contributed by atoms with E-state index >= 15 is 0 Å². The molecule has 0 aliphatic heterocycles. The minimum atomic E-state index is -1.23. The molecule has 1 rings (SSSR count). The Labute approximate surface area is 87.7 Å². The Morgan fingerprint density at radius 3 is 2.43 bits per heavy atom. The molecular formula is C11H15NOS. The summed E-state index contributed by atoms with van der Waals surface area (Å²) in [6.45, 7) is 5.91. The van der Waals surface area contributed by atoms with Gasteiger partial charge in [-0.2, -0.15) is 4.40 Å². The van der Waals surface area contributed by atoms with Crippen LogP contribution >= 0.6 is 0 Å². The first-order valence-corrected chi connectivity index (χ1v) is 5.77. The van der Waals surface area contributed by atoms with Gasteiger partial charge in [-0.3, -0.25) is 0 Å². The predicted octanol–water partition coefficient (Wildman–Crippen LogP) is 2.89. The summed E-state index contributed by atoms with van der Waals surface area (Å²) in [6.07, 6.45) is 0.845. The van der Waals surface area contributed by atoms with E-state index in [1.807, 2.05) is 45.0 Å². The summed E-state index contributed by atoms with van der Waals surface area (Å²) >= 11 is 0. The highest BCUT2D eigenvalue weighted by Gasteiger charge is 2.00. The van der Waals surface area contributed by atoms with Crippen LogP contribution in [0.3, 0.4) is 0 Å². The molecule has 76 valence electrons. The Kier molecular flexibility index (Phi) is 4.01. The highest BCUT2D eigenvalue weighted by Crippen LogP contribution is 2.09. The van der Waals surface area contributed by atoms with Gasteiger partial charge in [0.1, 0.15) is 0 Å². The molecule has 0 aliphatic carbocycles. The zero-order chi connectivity index (χ0) is 10.6. The molecule has 1 atom stereocenters. The summed E-state index contributed by atoms with van der Waals surface area (Å²) in [6, 6.07) is 7.61. The quantitative estimate of drug-likeness (QED) is 0.704. The van der Waals surface area contributed by atoms with Gasteiger partial charge in [0, 0.05) is 5.71 Å². The van der Waals surface area contributed by atoms with Crippen molar-refractivity contribution in [2.75, 3.05) is 0 Å². The van der Waals surface area contributed by atoms with Crippen LogP contribution < -0.4 is 0 Å². The number of aryl methyl sites for hydroxylation is 1. The second-order valence-electron chi connectivity index (χ2n) is 3.24. The second-order valence-corrected chi connectivity index (χ2v) is 4.39. The SMILES string of the molecule is CC/C(C)=N/S(=O)c1ccc(C)cc1. The molecule has 0 fully saturated rings. The lowest BCUT2D eigenvalue weighted by atomic mass is 10.2. The Hall–Kier alpha value is -0.960. The van der Waals surface area contributed by atoms with E-state index in [4.69, 9.17) is 0 Å². The fourth-order valence-corrected chi connectivity index (χ4v) is 1.80. The topological polar surface area (TPSA) is 29.4 Å². The fraction of sp³-hybridized carbons (Fsp3) is 0.364. The lowest BCUT2D eigenvalue weighted by molar-refractivity contribution is 0.684. The molecule has 1 aromatic rings. The van der Waals surface area contributed by atoms with Crippen molar-refractivity contribution in [3.8, 4) is 0 Å². The van der Waals surface area contributed by atoms with Crippen molar-refractivity contribution in [3.05, 3.63) is 29.8 Å². The molecule has 0 radical (unpaired) electrons. The van der Waals surface area contributed by atoms with Gasteiger partial charge in [-0.05, 0) is 32.4 Å². The molecule has 0 spiro atoms. The molecule has 1 unspecified atom stereocenters. The van der Waals surface area contributed by atoms with E-state index < -0.39 is 11.0 Å². The molecule has 0 aliphatic rings. The van der Waals surface area contributed by atoms with Gasteiger partial charge in [0.05, 0.1) is 4.90 Å². The third-order valence-corrected chi connectivity index (χ3v) is 3.13. The predicted molar refractivity (Wildman–Crippen MR) is 61.0 cm³/mol. The number of nitrogens with zero attached hydrogens (tertiary/aromatic N) is 1. The first kappa shape index (κ1) is 11.1. The first-order valence-electron chi connectivity index (χ1n) is 4.66. The van der Waals surface area contributed by atoms with Gasteiger partial charge in [-0.15, -0.1) is 0 Å². The highest BCUT2D eigenvalue weighted by atomic mass is 32.2. The Morgan fingerprint density at radius 1 is 1.36 bits per heavy atom. The van der Waals surface area contributed by atoms with E-state index in [-0.39, 0.29) is 0 Å². The van der Waals surface area contributed by atoms with Crippen LogP contribution in [0.5, 0.6) is 0 Å². The van der Waals surface area contributed by atoms with Crippen LogP contribution in [-0.2, 0) is 11.0 Å². The molecule has 0 saturated carbocycles. The van der Waals surface area contributed by atoms with E-state index in [1.165, 1.54) is 5.56 Å². The largest absolute Gasteiger partial charge is 0.229 e. The summed E-state index contributed by atoms with van der Waals surface area (Å²) in [4.78, 5) is 0.767. The summed E-state index contributed by atoms with van der Waals surface area (Å²) < 4.78 is 15.7. The first-order chi connectivity index (χ1) is 6.63. The maximum absolute atomic E-state index is 11.6. The number of hydrogen-bond donors (Lipinski definition) is 0. The van der Waals surface area contributed by atoms with Crippen LogP contribution in [0.1, 0.15) is 25.8 Å². The number of rotatable bonds is 3. The van der Waals surface area contributed by atoms with Crippen molar-refractivity contribution in [3.63, 3.8) is 0 Å². The van der Waals surface area contributed by atoms with Gasteiger partial charge in [0.25, 0.3) is 0 Å². The summed E-state index contributed by atoms with van der Waals surface area (Å²) in [5.74, 6) is 0. The molecule has 0 bridgehead atoms. The van der Waals surface area contributed by atoms with Crippen molar-refractivity contribution in [2.45, 2.75) is 32.1 Å². The van der Waals surface area contributed by atoms with Gasteiger partial charge < -0.3 is 0 Å². The molecule has 0 aromatic heterocycles. The lowest BCUT2D eigenvalue weighted by Crippen LogP contribution is -1.93. The molecule has 14 heavy (non-hydrogen) atoms. The smallest absolute Gasteiger partial charge is 0.172 e. The summed E-state index contributed by atoms with van der Waals surface area (Å²) in [5, 5.41) is 0. The van der Waals surface area contributed by atoms with Gasteiger partial charge in [0.15, 0.2) is 11.0 Å². The van der Waals surface area contributed by atoms with E-state index in [9.17, 15) is 4.21 Å². The van der Waals surface area contributed by atoms with Gasteiger partial charge in [0.2, 0.25) is 0 Å². The van der Waals surface area contributed by atoms with Crippen molar-refractivity contribution in [2.24, 2.45) is 4.40 Å². The average molecular weight is 209 g/mol. The van der Waals surface area contributed by atoms with Crippen molar-refractivity contribution in [1.82, 2.24) is 0 Å². The number of benzene rings is 1. The maximum Gasteiger partial charge on any atom is 0.172 e. The highest BCUT2D eigenvalue weighted by molar-refractivity contribution is 7.83. The molecule has 2 nitrogen and oxygen atoms in total. The molecule has 0 heterocycles. The van der Waals surface area contributed by atoms with E-state index in [0.29, 0.717) is 0 Å². The second kappa shape index (κ2) is 5.05. The van der Waals surface area contributed by atoms with E-state index in [2.05, 4.69) is 4.40 Å². The fourth-order valence-electron chi connectivity index (χ4n) is 0.913. The van der Waals surface area contributed by atoms with Gasteiger partial charge in [-0.1, -0.05) is 24.6 Å². The van der Waals surface area contributed by atoms with Crippen LogP contribution in [0.25, 0.3) is 0 Å². The Balaban J connectivity index is 2.85. The monoisotopic (exact) mass is 209 g/mol. The maximum atomic E-state index is 11.6. The molecule has 0 amide bonds. The van der Waals surface area contributed by atoms with Gasteiger partial charge >= 0.3 is 0 Å². The third-order valence-electron chi connectivity index (χ3n) is 1.97. The van der Waals surface area contributed by atoms with Crippen LogP contribution in [0.15, 0.2) is 33.6 Å². The lowest BCUT2D eigenvalue weighted by Gasteiger charge is -1.98. The minimum Gasteiger partial charge on any atom is -0.229 e. The molecule has 1 aromatic carbocycles. The normalized spacial score (nSPS) is 14.1. The van der Waals surface area contributed by atoms with E-state index in [1.54, 1.807) is 0 Å². The summed E-state index contributed by atoms with van der Waals surface area (Å²) in [5.41, 5.74) is 2.09. The molecule has 0 N–H and O–H groups in total. The third kappa shape index (κ3) is 3.07. The zero-order valence-corrected chi connectivity index (χ0v) is 9.60. The zero-order valence-electron chi connectivity index (χ0n) is 8.78. The summed E-state index contributed by atoms with van der Waals surface area (Å²) in [7, 11) is -1.23. The van der Waals surface area contributed by atoms with Crippen LogP contribution in [0.2, 0.25) is 0 Å². The standard InChI is InChI=1S/C11H15NOS/c1-4-10(3)12-14(13)11-7-5-9(2)6-8-11/h5-8H,4H2,1-3H3/b12-10+. The average Bonchev–Trinajstić information content (AvgIpc) is 2.18. The Morgan fingerprint density at radius 2 is 1.93 bits per heavy atom. The van der Waals surface area contributed by atoms with Crippen molar-refractivity contribution in [1.29, 1.82) is 0 Å².